The van der Waals surface area contributed by atoms with E-state index in [2.05, 4.69) is 10.2 Å². The number of nitrogens with zero attached hydrogens (tertiary/aromatic N) is 2. The normalized spacial score (nSPS) is 19.7. The number of amides is 2. The second kappa shape index (κ2) is 13.4. The van der Waals surface area contributed by atoms with Crippen LogP contribution in [0.4, 0.5) is 30.7 Å². The number of piperidine rings is 1. The van der Waals surface area contributed by atoms with Gasteiger partial charge in [0.1, 0.15) is 12.4 Å². The van der Waals surface area contributed by atoms with E-state index in [1.807, 2.05) is 6.07 Å². The van der Waals surface area contributed by atoms with Crippen molar-refractivity contribution >= 4 is 23.8 Å². The Hall–Kier alpha value is -3.43. The number of carboxylic acids is 2. The number of rotatable bonds is 4. The molecule has 2 amide bonds. The average Bonchev–Trinajstić information content (AvgIpc) is 3.08. The first kappa shape index (κ1) is 32.6. The highest BCUT2D eigenvalue weighted by Gasteiger charge is 2.48. The molecule has 38 heavy (non-hydrogen) atoms. The average molecular weight is 561 g/mol. The number of carbonyl (C=O) groups excluding carboxylic acids is 2. The van der Waals surface area contributed by atoms with E-state index in [9.17, 15) is 40.3 Å². The third kappa shape index (κ3) is 10.1. The third-order valence-electron chi connectivity index (χ3n) is 5.67. The highest BCUT2D eigenvalue weighted by atomic mass is 19.4. The number of carbonyl (C=O) groups is 4. The van der Waals surface area contributed by atoms with E-state index in [0.717, 1.165) is 37.9 Å². The van der Waals surface area contributed by atoms with Crippen LogP contribution in [0.1, 0.15) is 31.2 Å². The smallest absolute Gasteiger partial charge is 0.475 e. The SMILES string of the molecule is CNC(=O)CN1C(=O)CCC12CCCN(Cc1cccc(F)c1)C2.O=C(O)C(F)(F)F.O=C(O)C(F)(F)F. The van der Waals surface area contributed by atoms with E-state index >= 15 is 0 Å². The molecule has 1 aromatic rings. The van der Waals surface area contributed by atoms with Crippen LogP contribution >= 0.6 is 0 Å². The molecular formula is C22H26F7N3O6. The van der Waals surface area contributed by atoms with Crippen LogP contribution in [0.25, 0.3) is 0 Å². The van der Waals surface area contributed by atoms with Gasteiger partial charge in [-0.2, -0.15) is 26.3 Å². The monoisotopic (exact) mass is 561 g/mol. The molecule has 0 radical (unpaired) electrons. The number of benzene rings is 1. The van der Waals surface area contributed by atoms with E-state index in [4.69, 9.17) is 19.8 Å². The minimum absolute atomic E-state index is 0.0613. The molecule has 0 aromatic heterocycles. The summed E-state index contributed by atoms with van der Waals surface area (Å²) in [5.41, 5.74) is 0.684. The summed E-state index contributed by atoms with van der Waals surface area (Å²) in [6.07, 6.45) is -6.96. The summed E-state index contributed by atoms with van der Waals surface area (Å²) in [6, 6.07) is 6.65. The first-order chi connectivity index (χ1) is 17.4. The number of carboxylic acid groups (broad SMARTS) is 2. The van der Waals surface area contributed by atoms with Crippen molar-refractivity contribution in [2.24, 2.45) is 0 Å². The van der Waals surface area contributed by atoms with Gasteiger partial charge in [-0.1, -0.05) is 12.1 Å². The van der Waals surface area contributed by atoms with Crippen molar-refractivity contribution in [1.82, 2.24) is 15.1 Å². The number of alkyl halides is 6. The molecule has 1 aromatic carbocycles. The first-order valence-corrected chi connectivity index (χ1v) is 11.0. The topological polar surface area (TPSA) is 127 Å². The van der Waals surface area contributed by atoms with E-state index in [1.165, 1.54) is 6.07 Å². The lowest BCUT2D eigenvalue weighted by Crippen LogP contribution is -2.58. The van der Waals surface area contributed by atoms with Gasteiger partial charge in [-0.25, -0.2) is 14.0 Å². The molecule has 3 N–H and O–H groups in total. The summed E-state index contributed by atoms with van der Waals surface area (Å²) in [4.78, 5) is 45.9. The maximum Gasteiger partial charge on any atom is 0.490 e. The highest BCUT2D eigenvalue weighted by Crippen LogP contribution is 2.38. The molecule has 3 rings (SSSR count). The number of halogens is 7. The van der Waals surface area contributed by atoms with Gasteiger partial charge in [0.25, 0.3) is 0 Å². The van der Waals surface area contributed by atoms with Crippen molar-refractivity contribution in [2.75, 3.05) is 26.7 Å². The number of nitrogens with one attached hydrogen (secondary N) is 1. The predicted molar refractivity (Wildman–Crippen MR) is 116 cm³/mol. The fourth-order valence-electron chi connectivity index (χ4n) is 4.01. The van der Waals surface area contributed by atoms with Crippen LogP contribution in [0.2, 0.25) is 0 Å². The Morgan fingerprint density at radius 3 is 2.05 bits per heavy atom. The number of likely N-dealkylation sites (tertiary alicyclic amines) is 2. The van der Waals surface area contributed by atoms with Gasteiger partial charge in [-0.3, -0.25) is 14.5 Å². The van der Waals surface area contributed by atoms with Gasteiger partial charge >= 0.3 is 24.3 Å². The standard InChI is InChI=1S/C18H24FN3O2.2C2HF3O2/c1-20-16(23)12-22-17(24)6-8-18(22)7-3-9-21(13-18)11-14-4-2-5-15(19)10-14;2*3-2(4,5)1(6)7/h2,4-5,10H,3,6-9,11-13H2,1H3,(H,20,23);2*(H,6,7). The Morgan fingerprint density at radius 2 is 1.58 bits per heavy atom. The minimum Gasteiger partial charge on any atom is -0.475 e. The third-order valence-corrected chi connectivity index (χ3v) is 5.67. The number of hydrogen-bond acceptors (Lipinski definition) is 5. The Balaban J connectivity index is 0.000000426. The molecule has 1 unspecified atom stereocenters. The highest BCUT2D eigenvalue weighted by molar-refractivity contribution is 5.86. The van der Waals surface area contributed by atoms with E-state index in [-0.39, 0.29) is 29.7 Å². The van der Waals surface area contributed by atoms with Crippen molar-refractivity contribution in [2.45, 2.75) is 50.1 Å². The quantitative estimate of drug-likeness (QED) is 0.483. The Bertz CT molecular complexity index is 978. The summed E-state index contributed by atoms with van der Waals surface area (Å²) in [5.74, 6) is -5.81. The van der Waals surface area contributed by atoms with Crippen molar-refractivity contribution in [3.8, 4) is 0 Å². The molecule has 2 heterocycles. The van der Waals surface area contributed by atoms with Crippen LogP contribution in [-0.4, -0.2) is 88.3 Å². The fraction of sp³-hybridized carbons (Fsp3) is 0.545. The van der Waals surface area contributed by atoms with Gasteiger partial charge in [0.05, 0.1) is 5.54 Å². The molecule has 9 nitrogen and oxygen atoms in total. The summed E-state index contributed by atoms with van der Waals surface area (Å²) in [7, 11) is 1.59. The molecule has 0 aliphatic carbocycles. The van der Waals surface area contributed by atoms with Crippen molar-refractivity contribution < 1.29 is 60.1 Å². The summed E-state index contributed by atoms with van der Waals surface area (Å²) >= 11 is 0. The Labute approximate surface area is 212 Å². The molecule has 1 atom stereocenters. The molecule has 1 spiro atoms. The van der Waals surface area contributed by atoms with E-state index < -0.39 is 24.3 Å². The van der Waals surface area contributed by atoms with Gasteiger partial charge in [0.15, 0.2) is 0 Å². The van der Waals surface area contributed by atoms with Gasteiger partial charge in [-0.05, 0) is 43.5 Å². The largest absolute Gasteiger partial charge is 0.490 e. The van der Waals surface area contributed by atoms with Crippen molar-refractivity contribution in [3.63, 3.8) is 0 Å². The number of hydrogen-bond donors (Lipinski definition) is 3. The lowest BCUT2D eigenvalue weighted by Gasteiger charge is -2.45. The second-order valence-corrected chi connectivity index (χ2v) is 8.43. The summed E-state index contributed by atoms with van der Waals surface area (Å²) in [5, 5.41) is 16.9. The number of likely N-dealkylation sites (N-methyl/N-ethyl adjacent to an activating group) is 1. The zero-order valence-corrected chi connectivity index (χ0v) is 20.0. The maximum absolute atomic E-state index is 13.4. The van der Waals surface area contributed by atoms with Crippen LogP contribution in [0, 0.1) is 5.82 Å². The molecule has 0 saturated carbocycles. The molecular weight excluding hydrogens is 535 g/mol. The van der Waals surface area contributed by atoms with Gasteiger partial charge in [0.2, 0.25) is 11.8 Å². The van der Waals surface area contributed by atoms with Gasteiger partial charge in [0, 0.05) is 26.6 Å². The van der Waals surface area contributed by atoms with Crippen molar-refractivity contribution in [1.29, 1.82) is 0 Å². The predicted octanol–water partition coefficient (Wildman–Crippen LogP) is 2.80. The lowest BCUT2D eigenvalue weighted by atomic mass is 9.86. The molecule has 2 aliphatic rings. The lowest BCUT2D eigenvalue weighted by molar-refractivity contribution is -0.193. The van der Waals surface area contributed by atoms with E-state index in [1.54, 1.807) is 24.1 Å². The van der Waals surface area contributed by atoms with Gasteiger partial charge < -0.3 is 20.4 Å². The zero-order chi connectivity index (χ0) is 29.3. The fourth-order valence-corrected chi connectivity index (χ4v) is 4.01. The molecule has 16 heteroatoms. The van der Waals surface area contributed by atoms with E-state index in [0.29, 0.717) is 13.0 Å². The Kier molecular flexibility index (Phi) is 11.5. The molecule has 214 valence electrons. The van der Waals surface area contributed by atoms with Crippen LogP contribution in [0.15, 0.2) is 24.3 Å². The first-order valence-electron chi connectivity index (χ1n) is 11.0. The second-order valence-electron chi connectivity index (χ2n) is 8.43. The molecule has 2 aliphatic heterocycles. The molecule has 2 fully saturated rings. The zero-order valence-electron chi connectivity index (χ0n) is 20.0. The Morgan fingerprint density at radius 1 is 1.03 bits per heavy atom. The van der Waals surface area contributed by atoms with Crippen LogP contribution < -0.4 is 5.32 Å². The van der Waals surface area contributed by atoms with Crippen LogP contribution in [0.3, 0.4) is 0 Å². The van der Waals surface area contributed by atoms with Crippen molar-refractivity contribution in [3.05, 3.63) is 35.6 Å². The van der Waals surface area contributed by atoms with Crippen LogP contribution in [0.5, 0.6) is 0 Å². The molecule has 2 saturated heterocycles. The summed E-state index contributed by atoms with van der Waals surface area (Å²) in [6.45, 7) is 2.47. The maximum atomic E-state index is 13.4. The molecule has 0 bridgehead atoms. The minimum atomic E-state index is -5.08. The van der Waals surface area contributed by atoms with Gasteiger partial charge in [-0.15, -0.1) is 0 Å². The summed E-state index contributed by atoms with van der Waals surface area (Å²) < 4.78 is 76.9. The van der Waals surface area contributed by atoms with Crippen LogP contribution in [-0.2, 0) is 25.7 Å². The number of aliphatic carboxylic acids is 2.